The molecule has 2 unspecified atom stereocenters. The first-order valence-corrected chi connectivity index (χ1v) is 5.62. The zero-order valence-corrected chi connectivity index (χ0v) is 8.59. The summed E-state index contributed by atoms with van der Waals surface area (Å²) >= 11 is 0. The van der Waals surface area contributed by atoms with Crippen LogP contribution in [0.4, 0.5) is 0 Å². The van der Waals surface area contributed by atoms with Crippen LogP contribution in [0.5, 0.6) is 0 Å². The number of rotatable bonds is 2. The van der Waals surface area contributed by atoms with Crippen molar-refractivity contribution >= 4 is 0 Å². The van der Waals surface area contributed by atoms with Gasteiger partial charge in [-0.2, -0.15) is 0 Å². The molecule has 1 aliphatic carbocycles. The van der Waals surface area contributed by atoms with E-state index in [0.717, 1.165) is 18.9 Å². The normalized spacial score (nSPS) is 38.3. The SMILES string of the molecule is CC1(C(N)C2CCC2)CCCCO1. The molecule has 1 saturated carbocycles. The summed E-state index contributed by atoms with van der Waals surface area (Å²) in [6.07, 6.45) is 7.67. The van der Waals surface area contributed by atoms with Gasteiger partial charge in [-0.25, -0.2) is 0 Å². The molecule has 0 amide bonds. The van der Waals surface area contributed by atoms with Gasteiger partial charge >= 0.3 is 0 Å². The lowest BCUT2D eigenvalue weighted by molar-refractivity contribution is -0.0983. The summed E-state index contributed by atoms with van der Waals surface area (Å²) in [5, 5.41) is 0. The van der Waals surface area contributed by atoms with Crippen molar-refractivity contribution in [2.24, 2.45) is 11.7 Å². The van der Waals surface area contributed by atoms with Crippen LogP contribution in [0, 0.1) is 5.92 Å². The molecule has 2 rings (SSSR count). The van der Waals surface area contributed by atoms with Crippen molar-refractivity contribution in [3.05, 3.63) is 0 Å². The standard InChI is InChI=1S/C11H21NO/c1-11(7-2-3-8-13-11)10(12)9-5-4-6-9/h9-10H,2-8,12H2,1H3. The number of ether oxygens (including phenoxy) is 1. The van der Waals surface area contributed by atoms with Crippen molar-refractivity contribution < 1.29 is 4.74 Å². The first-order chi connectivity index (χ1) is 6.22. The number of hydrogen-bond acceptors (Lipinski definition) is 2. The molecule has 0 radical (unpaired) electrons. The quantitative estimate of drug-likeness (QED) is 0.711. The Balaban J connectivity index is 1.94. The minimum atomic E-state index is -0.0106. The molecular weight excluding hydrogens is 162 g/mol. The second-order valence-corrected chi connectivity index (χ2v) is 4.84. The fourth-order valence-corrected chi connectivity index (χ4v) is 2.52. The lowest BCUT2D eigenvalue weighted by atomic mass is 9.72. The van der Waals surface area contributed by atoms with Crippen LogP contribution in [0.25, 0.3) is 0 Å². The highest BCUT2D eigenvalue weighted by atomic mass is 16.5. The highest BCUT2D eigenvalue weighted by molar-refractivity contribution is 4.95. The van der Waals surface area contributed by atoms with Crippen molar-refractivity contribution in [2.45, 2.75) is 57.1 Å². The average molecular weight is 183 g/mol. The molecule has 13 heavy (non-hydrogen) atoms. The largest absolute Gasteiger partial charge is 0.374 e. The fraction of sp³-hybridized carbons (Fsp3) is 1.00. The predicted molar refractivity (Wildman–Crippen MR) is 53.5 cm³/mol. The Morgan fingerprint density at radius 3 is 2.54 bits per heavy atom. The Morgan fingerprint density at radius 1 is 1.31 bits per heavy atom. The van der Waals surface area contributed by atoms with Crippen molar-refractivity contribution in [3.63, 3.8) is 0 Å². The third kappa shape index (κ3) is 1.75. The second-order valence-electron chi connectivity index (χ2n) is 4.84. The molecule has 1 saturated heterocycles. The van der Waals surface area contributed by atoms with Crippen LogP contribution < -0.4 is 5.73 Å². The van der Waals surface area contributed by atoms with Gasteiger partial charge in [0.1, 0.15) is 0 Å². The summed E-state index contributed by atoms with van der Waals surface area (Å²) in [7, 11) is 0. The Labute approximate surface area is 80.8 Å². The van der Waals surface area contributed by atoms with E-state index < -0.39 is 0 Å². The molecule has 0 bridgehead atoms. The van der Waals surface area contributed by atoms with Gasteiger partial charge in [-0.05, 0) is 44.9 Å². The zero-order chi connectivity index (χ0) is 9.31. The van der Waals surface area contributed by atoms with Crippen molar-refractivity contribution in [3.8, 4) is 0 Å². The summed E-state index contributed by atoms with van der Waals surface area (Å²) in [6, 6.07) is 0.279. The Bertz CT molecular complexity index is 171. The molecule has 0 spiro atoms. The fourth-order valence-electron chi connectivity index (χ4n) is 2.52. The van der Waals surface area contributed by atoms with Crippen LogP contribution in [0.3, 0.4) is 0 Å². The summed E-state index contributed by atoms with van der Waals surface area (Å²) in [4.78, 5) is 0. The average Bonchev–Trinajstić information content (AvgIpc) is 2.02. The van der Waals surface area contributed by atoms with Crippen LogP contribution in [0.15, 0.2) is 0 Å². The second kappa shape index (κ2) is 3.58. The maximum atomic E-state index is 6.26. The van der Waals surface area contributed by atoms with E-state index in [1.54, 1.807) is 0 Å². The van der Waals surface area contributed by atoms with Crippen LogP contribution >= 0.6 is 0 Å². The van der Waals surface area contributed by atoms with E-state index in [1.165, 1.54) is 32.1 Å². The molecule has 2 fully saturated rings. The molecule has 2 heteroatoms. The van der Waals surface area contributed by atoms with E-state index >= 15 is 0 Å². The van der Waals surface area contributed by atoms with Gasteiger partial charge in [-0.1, -0.05) is 6.42 Å². The lowest BCUT2D eigenvalue weighted by Crippen LogP contribution is -2.54. The summed E-state index contributed by atoms with van der Waals surface area (Å²) in [5.74, 6) is 0.739. The molecule has 2 N–H and O–H groups in total. The van der Waals surface area contributed by atoms with E-state index in [2.05, 4.69) is 6.92 Å². The van der Waals surface area contributed by atoms with E-state index in [-0.39, 0.29) is 11.6 Å². The summed E-state index contributed by atoms with van der Waals surface area (Å²) in [5.41, 5.74) is 6.25. The first kappa shape index (κ1) is 9.47. The van der Waals surface area contributed by atoms with Gasteiger partial charge in [0.2, 0.25) is 0 Å². The van der Waals surface area contributed by atoms with Crippen molar-refractivity contribution in [1.29, 1.82) is 0 Å². The number of nitrogens with two attached hydrogens (primary N) is 1. The molecule has 0 aromatic heterocycles. The molecule has 1 aliphatic heterocycles. The van der Waals surface area contributed by atoms with Crippen LogP contribution in [-0.4, -0.2) is 18.2 Å². The topological polar surface area (TPSA) is 35.2 Å². The molecular formula is C11H21NO. The van der Waals surface area contributed by atoms with Gasteiger partial charge < -0.3 is 10.5 Å². The minimum absolute atomic E-state index is 0.0106. The van der Waals surface area contributed by atoms with Gasteiger partial charge in [-0.15, -0.1) is 0 Å². The van der Waals surface area contributed by atoms with Gasteiger partial charge in [-0.3, -0.25) is 0 Å². The zero-order valence-electron chi connectivity index (χ0n) is 8.59. The lowest BCUT2D eigenvalue weighted by Gasteiger charge is -2.45. The Kier molecular flexibility index (Phi) is 2.61. The van der Waals surface area contributed by atoms with Crippen LogP contribution in [0.2, 0.25) is 0 Å². The molecule has 1 heterocycles. The molecule has 0 aromatic rings. The first-order valence-electron chi connectivity index (χ1n) is 5.62. The Hall–Kier alpha value is -0.0800. The molecule has 76 valence electrons. The third-order valence-corrected chi connectivity index (χ3v) is 3.86. The Morgan fingerprint density at radius 2 is 2.08 bits per heavy atom. The van der Waals surface area contributed by atoms with Gasteiger partial charge in [0.15, 0.2) is 0 Å². The summed E-state index contributed by atoms with van der Waals surface area (Å²) < 4.78 is 5.86. The number of hydrogen-bond donors (Lipinski definition) is 1. The van der Waals surface area contributed by atoms with Crippen molar-refractivity contribution in [1.82, 2.24) is 0 Å². The minimum Gasteiger partial charge on any atom is -0.374 e. The monoisotopic (exact) mass is 183 g/mol. The third-order valence-electron chi connectivity index (χ3n) is 3.86. The maximum absolute atomic E-state index is 6.26. The molecule has 2 aliphatic rings. The van der Waals surface area contributed by atoms with Crippen LogP contribution in [0.1, 0.15) is 45.4 Å². The van der Waals surface area contributed by atoms with Gasteiger partial charge in [0.05, 0.1) is 5.60 Å². The van der Waals surface area contributed by atoms with Crippen molar-refractivity contribution in [2.75, 3.05) is 6.61 Å². The highest BCUT2D eigenvalue weighted by Crippen LogP contribution is 2.37. The van der Waals surface area contributed by atoms with Crippen LogP contribution in [-0.2, 0) is 4.74 Å². The van der Waals surface area contributed by atoms with E-state index in [9.17, 15) is 0 Å². The molecule has 0 aromatic carbocycles. The predicted octanol–water partition coefficient (Wildman–Crippen LogP) is 2.07. The molecule has 2 nitrogen and oxygen atoms in total. The van der Waals surface area contributed by atoms with Gasteiger partial charge in [0, 0.05) is 12.6 Å². The van der Waals surface area contributed by atoms with Gasteiger partial charge in [0.25, 0.3) is 0 Å². The summed E-state index contributed by atoms with van der Waals surface area (Å²) in [6.45, 7) is 3.12. The molecule has 2 atom stereocenters. The highest BCUT2D eigenvalue weighted by Gasteiger charge is 2.40. The van der Waals surface area contributed by atoms with E-state index in [4.69, 9.17) is 10.5 Å². The smallest absolute Gasteiger partial charge is 0.0807 e. The van der Waals surface area contributed by atoms with E-state index in [0.29, 0.717) is 0 Å². The maximum Gasteiger partial charge on any atom is 0.0807 e. The van der Waals surface area contributed by atoms with E-state index in [1.807, 2.05) is 0 Å².